The van der Waals surface area contributed by atoms with Crippen molar-refractivity contribution in [3.8, 4) is 0 Å². The maximum atomic E-state index is 3.43. The Bertz CT molecular complexity index is 276. The molecule has 0 rings (SSSR count). The van der Waals surface area contributed by atoms with Crippen molar-refractivity contribution in [2.24, 2.45) is 10.8 Å². The normalized spacial score (nSPS) is 14.6. The summed E-state index contributed by atoms with van der Waals surface area (Å²) in [7, 11) is 6.20. The summed E-state index contributed by atoms with van der Waals surface area (Å²) in [5.41, 5.74) is 1.02. The summed E-state index contributed by atoms with van der Waals surface area (Å²) in [6.07, 6.45) is 3.73. The summed E-state index contributed by atoms with van der Waals surface area (Å²) in [5, 5.41) is 3.43. The van der Waals surface area contributed by atoms with E-state index in [9.17, 15) is 0 Å². The summed E-state index contributed by atoms with van der Waals surface area (Å²) < 4.78 is 0.346. The third-order valence-corrected chi connectivity index (χ3v) is 7.87. The molecular weight excluding hydrogens is 294 g/mol. The lowest BCUT2D eigenvalue weighted by atomic mass is 9.81. The summed E-state index contributed by atoms with van der Waals surface area (Å²) in [5.74, 6) is 1.21. The molecular formula is C18H39NS2. The summed E-state index contributed by atoms with van der Waals surface area (Å²) in [4.78, 5) is 0. The molecule has 0 amide bonds. The van der Waals surface area contributed by atoms with Crippen molar-refractivity contribution in [3.63, 3.8) is 0 Å². The van der Waals surface area contributed by atoms with E-state index in [2.05, 4.69) is 96.3 Å². The third-order valence-electron chi connectivity index (χ3n) is 4.19. The van der Waals surface area contributed by atoms with Crippen LogP contribution >= 0.6 is 21.6 Å². The number of hydrogen-bond acceptors (Lipinski definition) is 3. The molecule has 3 heteroatoms. The molecule has 0 fully saturated rings. The van der Waals surface area contributed by atoms with Gasteiger partial charge < -0.3 is 5.32 Å². The molecule has 0 bridgehead atoms. The predicted octanol–water partition coefficient (Wildman–Crippen LogP) is 6.39. The molecule has 0 aromatic heterocycles. The van der Waals surface area contributed by atoms with Crippen LogP contribution in [-0.4, -0.2) is 23.1 Å². The van der Waals surface area contributed by atoms with Crippen molar-refractivity contribution in [3.05, 3.63) is 0 Å². The Labute approximate surface area is 142 Å². The smallest absolute Gasteiger partial charge is 0.0212 e. The minimum Gasteiger partial charge on any atom is -0.315 e. The molecule has 0 aromatic rings. The van der Waals surface area contributed by atoms with E-state index in [-0.39, 0.29) is 5.54 Å². The highest BCUT2D eigenvalue weighted by molar-refractivity contribution is 8.77. The van der Waals surface area contributed by atoms with Gasteiger partial charge in [0.15, 0.2) is 0 Å². The lowest BCUT2D eigenvalue weighted by Crippen LogP contribution is -2.41. The van der Waals surface area contributed by atoms with Gasteiger partial charge in [-0.1, -0.05) is 62.6 Å². The van der Waals surface area contributed by atoms with Gasteiger partial charge in [-0.15, -0.1) is 0 Å². The molecule has 0 aromatic carbocycles. The minimum absolute atomic E-state index is 0.217. The molecule has 0 aliphatic carbocycles. The van der Waals surface area contributed by atoms with Crippen molar-refractivity contribution in [1.29, 1.82) is 0 Å². The molecule has 128 valence electrons. The van der Waals surface area contributed by atoms with Crippen LogP contribution in [0, 0.1) is 10.8 Å². The Morgan fingerprint density at radius 2 is 1.33 bits per heavy atom. The molecule has 1 N–H and O–H groups in total. The van der Waals surface area contributed by atoms with E-state index in [1.54, 1.807) is 0 Å². The number of nitrogens with one attached hydrogen (secondary N) is 1. The molecule has 0 atom stereocenters. The summed E-state index contributed by atoms with van der Waals surface area (Å²) in [6, 6.07) is 0. The van der Waals surface area contributed by atoms with E-state index in [4.69, 9.17) is 0 Å². The Morgan fingerprint density at radius 1 is 0.810 bits per heavy atom. The first kappa shape index (κ1) is 21.7. The molecule has 0 saturated carbocycles. The lowest BCUT2D eigenvalue weighted by Gasteiger charge is -2.36. The number of hydrogen-bond donors (Lipinski definition) is 1. The fourth-order valence-electron chi connectivity index (χ4n) is 2.99. The van der Waals surface area contributed by atoms with E-state index in [0.717, 1.165) is 0 Å². The van der Waals surface area contributed by atoms with Crippen LogP contribution in [0.1, 0.15) is 81.6 Å². The van der Waals surface area contributed by atoms with Crippen LogP contribution in [0.4, 0.5) is 0 Å². The Hall–Kier alpha value is 0.660. The van der Waals surface area contributed by atoms with Crippen LogP contribution in [-0.2, 0) is 0 Å². The largest absolute Gasteiger partial charge is 0.315 e. The first-order chi connectivity index (χ1) is 9.24. The molecule has 0 heterocycles. The van der Waals surface area contributed by atoms with Crippen molar-refractivity contribution >= 4 is 21.6 Å². The van der Waals surface area contributed by atoms with Gasteiger partial charge in [0.1, 0.15) is 0 Å². The van der Waals surface area contributed by atoms with E-state index >= 15 is 0 Å². The Balaban J connectivity index is 4.34. The highest BCUT2D eigenvalue weighted by atomic mass is 33.1. The van der Waals surface area contributed by atoms with Crippen molar-refractivity contribution < 1.29 is 0 Å². The average Bonchev–Trinajstić information content (AvgIpc) is 2.25. The van der Waals surface area contributed by atoms with E-state index < -0.39 is 0 Å². The van der Waals surface area contributed by atoms with Crippen LogP contribution in [0.2, 0.25) is 0 Å². The van der Waals surface area contributed by atoms with Gasteiger partial charge >= 0.3 is 0 Å². The summed E-state index contributed by atoms with van der Waals surface area (Å²) in [6.45, 7) is 21.2. The maximum absolute atomic E-state index is 3.43. The van der Waals surface area contributed by atoms with E-state index in [1.807, 2.05) is 0 Å². The van der Waals surface area contributed by atoms with Crippen LogP contribution in [0.3, 0.4) is 0 Å². The fourth-order valence-corrected chi connectivity index (χ4v) is 6.51. The topological polar surface area (TPSA) is 12.0 Å². The zero-order valence-electron chi connectivity index (χ0n) is 16.1. The molecule has 21 heavy (non-hydrogen) atoms. The van der Waals surface area contributed by atoms with Gasteiger partial charge in [-0.3, -0.25) is 0 Å². The third kappa shape index (κ3) is 10.1. The van der Waals surface area contributed by atoms with Crippen LogP contribution < -0.4 is 5.32 Å². The van der Waals surface area contributed by atoms with Gasteiger partial charge in [0.2, 0.25) is 0 Å². The van der Waals surface area contributed by atoms with Gasteiger partial charge in [-0.2, -0.15) is 0 Å². The van der Waals surface area contributed by atoms with Gasteiger partial charge in [0.25, 0.3) is 0 Å². The predicted molar refractivity (Wildman–Crippen MR) is 104 cm³/mol. The maximum Gasteiger partial charge on any atom is 0.0212 e. The number of rotatable bonds is 10. The van der Waals surface area contributed by atoms with Gasteiger partial charge in [0, 0.05) is 16.0 Å². The zero-order valence-corrected chi connectivity index (χ0v) is 17.8. The highest BCUT2D eigenvalue weighted by Gasteiger charge is 2.31. The second-order valence-corrected chi connectivity index (χ2v) is 12.3. The standard InChI is InChI=1S/C18H39NS2/c1-11-15(2,3)13-18(8,9)21-20-14-16(4,5)12-17(6,7)19-10/h19H,11-14H2,1-10H3. The molecule has 0 aliphatic heterocycles. The molecule has 0 unspecified atom stereocenters. The molecule has 0 radical (unpaired) electrons. The first-order valence-electron chi connectivity index (χ1n) is 8.24. The van der Waals surface area contributed by atoms with Crippen molar-refractivity contribution in [2.75, 3.05) is 12.8 Å². The van der Waals surface area contributed by atoms with Crippen LogP contribution in [0.15, 0.2) is 0 Å². The van der Waals surface area contributed by atoms with Crippen LogP contribution in [0.25, 0.3) is 0 Å². The molecule has 0 saturated heterocycles. The lowest BCUT2D eigenvalue weighted by molar-refractivity contribution is 0.259. The van der Waals surface area contributed by atoms with E-state index in [1.165, 1.54) is 25.0 Å². The van der Waals surface area contributed by atoms with Gasteiger partial charge in [0.05, 0.1) is 0 Å². The Morgan fingerprint density at radius 3 is 1.76 bits per heavy atom. The zero-order chi connectivity index (χ0) is 16.9. The van der Waals surface area contributed by atoms with Gasteiger partial charge in [-0.05, 0) is 58.4 Å². The molecule has 0 spiro atoms. The van der Waals surface area contributed by atoms with Crippen LogP contribution in [0.5, 0.6) is 0 Å². The fraction of sp³-hybridized carbons (Fsp3) is 1.00. The summed E-state index contributed by atoms with van der Waals surface area (Å²) >= 11 is 0. The van der Waals surface area contributed by atoms with Crippen molar-refractivity contribution in [2.45, 2.75) is 91.9 Å². The second kappa shape index (κ2) is 7.97. The molecule has 1 nitrogen and oxygen atoms in total. The monoisotopic (exact) mass is 333 g/mol. The average molecular weight is 334 g/mol. The second-order valence-electron chi connectivity index (χ2n) is 9.27. The van der Waals surface area contributed by atoms with E-state index in [0.29, 0.717) is 15.6 Å². The Kier molecular flexibility index (Phi) is 8.22. The van der Waals surface area contributed by atoms with Gasteiger partial charge in [-0.25, -0.2) is 0 Å². The quantitative estimate of drug-likeness (QED) is 0.465. The van der Waals surface area contributed by atoms with Crippen molar-refractivity contribution in [1.82, 2.24) is 5.32 Å². The highest BCUT2D eigenvalue weighted by Crippen LogP contribution is 2.46. The minimum atomic E-state index is 0.217. The molecule has 0 aliphatic rings. The SMILES string of the molecule is CCC(C)(C)CC(C)(C)SSCC(C)(C)CC(C)(C)NC. The first-order valence-corrected chi connectivity index (χ1v) is 10.6.